The summed E-state index contributed by atoms with van der Waals surface area (Å²) >= 11 is 0. The molecule has 0 radical (unpaired) electrons. The number of Topliss-reactive ketones (excluding diaryl/α,β-unsaturated/α-hetero) is 1. The molecule has 18 heavy (non-hydrogen) atoms. The van der Waals surface area contributed by atoms with Gasteiger partial charge in [-0.1, -0.05) is 0 Å². The van der Waals surface area contributed by atoms with Crippen LogP contribution in [-0.2, 0) is 6.61 Å². The summed E-state index contributed by atoms with van der Waals surface area (Å²) in [5, 5.41) is 0. The van der Waals surface area contributed by atoms with Gasteiger partial charge in [0.2, 0.25) is 0 Å². The Hall–Kier alpha value is -2.10. The van der Waals surface area contributed by atoms with Crippen LogP contribution in [0.3, 0.4) is 0 Å². The Bertz CT molecular complexity index is 559. The Morgan fingerprint density at radius 1 is 1.44 bits per heavy atom. The lowest BCUT2D eigenvalue weighted by molar-refractivity contribution is 0.101. The first-order valence-corrected chi connectivity index (χ1v) is 5.54. The molecule has 0 saturated carbocycles. The van der Waals surface area contributed by atoms with Gasteiger partial charge in [-0.15, -0.1) is 0 Å². The van der Waals surface area contributed by atoms with E-state index in [-0.39, 0.29) is 18.0 Å². The molecule has 2 aromatic rings. The number of carbonyl (C=O) groups is 1. The number of ketones is 1. The minimum absolute atomic E-state index is 0.207. The lowest BCUT2D eigenvalue weighted by atomic mass is 10.1. The van der Waals surface area contributed by atoms with Crippen LogP contribution in [-0.4, -0.2) is 5.78 Å². The highest BCUT2D eigenvalue weighted by molar-refractivity contribution is 5.96. The van der Waals surface area contributed by atoms with Crippen molar-refractivity contribution in [2.75, 3.05) is 0 Å². The minimum atomic E-state index is -0.412. The number of hydrogen-bond acceptors (Lipinski definition) is 3. The summed E-state index contributed by atoms with van der Waals surface area (Å²) < 4.78 is 24.0. The zero-order valence-corrected chi connectivity index (χ0v) is 10.2. The normalized spacial score (nSPS) is 10.4. The van der Waals surface area contributed by atoms with Crippen molar-refractivity contribution in [3.63, 3.8) is 0 Å². The highest BCUT2D eigenvalue weighted by atomic mass is 19.1. The zero-order chi connectivity index (χ0) is 13.1. The molecule has 4 heteroatoms. The lowest BCUT2D eigenvalue weighted by Gasteiger charge is -2.10. The van der Waals surface area contributed by atoms with Crippen molar-refractivity contribution in [3.05, 3.63) is 53.2 Å². The van der Waals surface area contributed by atoms with Crippen LogP contribution >= 0.6 is 0 Å². The maximum Gasteiger partial charge on any atom is 0.163 e. The van der Waals surface area contributed by atoms with E-state index >= 15 is 0 Å². The van der Waals surface area contributed by atoms with Crippen molar-refractivity contribution in [1.82, 2.24) is 0 Å². The van der Waals surface area contributed by atoms with Gasteiger partial charge in [-0.3, -0.25) is 4.79 Å². The van der Waals surface area contributed by atoms with Crippen molar-refractivity contribution < 1.29 is 18.3 Å². The van der Waals surface area contributed by atoms with Crippen LogP contribution in [0.25, 0.3) is 0 Å². The third-order valence-electron chi connectivity index (χ3n) is 2.59. The lowest BCUT2D eigenvalue weighted by Crippen LogP contribution is -2.03. The van der Waals surface area contributed by atoms with Crippen LogP contribution in [0.4, 0.5) is 4.39 Å². The number of ether oxygens (including phenoxy) is 1. The Kier molecular flexibility index (Phi) is 3.46. The molecule has 0 aliphatic rings. The van der Waals surface area contributed by atoms with Crippen LogP contribution in [0.2, 0.25) is 0 Å². The average molecular weight is 248 g/mol. The third-order valence-corrected chi connectivity index (χ3v) is 2.59. The van der Waals surface area contributed by atoms with E-state index in [2.05, 4.69) is 0 Å². The van der Waals surface area contributed by atoms with Gasteiger partial charge in [0.15, 0.2) is 5.78 Å². The minimum Gasteiger partial charge on any atom is -0.485 e. The fourth-order valence-electron chi connectivity index (χ4n) is 1.59. The predicted molar refractivity (Wildman–Crippen MR) is 64.2 cm³/mol. The topological polar surface area (TPSA) is 39.4 Å². The smallest absolute Gasteiger partial charge is 0.163 e. The van der Waals surface area contributed by atoms with E-state index in [1.54, 1.807) is 25.3 Å². The van der Waals surface area contributed by atoms with Crippen molar-refractivity contribution in [3.8, 4) is 5.75 Å². The van der Waals surface area contributed by atoms with Crippen LogP contribution in [0, 0.1) is 12.7 Å². The van der Waals surface area contributed by atoms with E-state index in [9.17, 15) is 9.18 Å². The molecule has 0 unspecified atom stereocenters. The van der Waals surface area contributed by atoms with E-state index in [4.69, 9.17) is 9.15 Å². The Balaban J connectivity index is 2.25. The van der Waals surface area contributed by atoms with E-state index in [0.717, 1.165) is 0 Å². The van der Waals surface area contributed by atoms with Gasteiger partial charge >= 0.3 is 0 Å². The molecule has 1 aromatic carbocycles. The Labute approximate surface area is 104 Å². The third kappa shape index (κ3) is 2.59. The fourth-order valence-corrected chi connectivity index (χ4v) is 1.59. The first kappa shape index (κ1) is 12.4. The summed E-state index contributed by atoms with van der Waals surface area (Å²) in [6, 6.07) is 6.24. The van der Waals surface area contributed by atoms with E-state index in [0.29, 0.717) is 17.1 Å². The molecule has 0 atom stereocenters. The first-order valence-electron chi connectivity index (χ1n) is 5.54. The first-order chi connectivity index (χ1) is 8.58. The second-order valence-corrected chi connectivity index (χ2v) is 4.02. The molecular formula is C14H13FO3. The highest BCUT2D eigenvalue weighted by Crippen LogP contribution is 2.24. The molecule has 0 amide bonds. The van der Waals surface area contributed by atoms with E-state index in [1.807, 2.05) is 0 Å². The molecular weight excluding hydrogens is 235 g/mol. The van der Waals surface area contributed by atoms with Crippen LogP contribution in [0.1, 0.15) is 28.6 Å². The van der Waals surface area contributed by atoms with Gasteiger partial charge < -0.3 is 9.15 Å². The summed E-state index contributed by atoms with van der Waals surface area (Å²) in [4.78, 5) is 11.4. The van der Waals surface area contributed by atoms with Gasteiger partial charge in [0.1, 0.15) is 23.9 Å². The summed E-state index contributed by atoms with van der Waals surface area (Å²) in [7, 11) is 0. The Morgan fingerprint density at radius 2 is 2.22 bits per heavy atom. The van der Waals surface area contributed by atoms with Crippen LogP contribution < -0.4 is 4.74 Å². The number of aryl methyl sites for hydroxylation is 1. The van der Waals surface area contributed by atoms with Gasteiger partial charge in [-0.05, 0) is 43.7 Å². The van der Waals surface area contributed by atoms with Gasteiger partial charge in [-0.2, -0.15) is 0 Å². The van der Waals surface area contributed by atoms with Gasteiger partial charge in [0.05, 0.1) is 11.8 Å². The van der Waals surface area contributed by atoms with E-state index < -0.39 is 5.82 Å². The number of hydrogen-bond donors (Lipinski definition) is 0. The molecule has 1 aromatic heterocycles. The van der Waals surface area contributed by atoms with Crippen molar-refractivity contribution in [1.29, 1.82) is 0 Å². The maximum atomic E-state index is 13.4. The molecule has 1 heterocycles. The summed E-state index contributed by atoms with van der Waals surface area (Å²) in [6.45, 7) is 3.21. The second-order valence-electron chi connectivity index (χ2n) is 4.02. The van der Waals surface area contributed by atoms with Gasteiger partial charge in [0.25, 0.3) is 0 Å². The number of rotatable bonds is 4. The summed E-state index contributed by atoms with van der Waals surface area (Å²) in [6.07, 6.45) is 1.54. The number of halogens is 1. The molecule has 0 N–H and O–H groups in total. The summed E-state index contributed by atoms with van der Waals surface area (Å²) in [5.41, 5.74) is 0.680. The molecule has 0 fully saturated rings. The molecule has 0 saturated heterocycles. The SMILES string of the molecule is CC(=O)c1cc(F)c(C)cc1OCc1ccco1. The molecule has 2 rings (SSSR count). The maximum absolute atomic E-state index is 13.4. The van der Waals surface area contributed by atoms with Crippen molar-refractivity contribution in [2.45, 2.75) is 20.5 Å². The van der Waals surface area contributed by atoms with Crippen molar-refractivity contribution in [2.24, 2.45) is 0 Å². The average Bonchev–Trinajstić information content (AvgIpc) is 2.83. The molecule has 0 aliphatic carbocycles. The molecule has 0 spiro atoms. The standard InChI is InChI=1S/C14H13FO3/c1-9-6-14(12(10(2)16)7-13(9)15)18-8-11-4-3-5-17-11/h3-7H,8H2,1-2H3. The second kappa shape index (κ2) is 5.04. The zero-order valence-electron chi connectivity index (χ0n) is 10.2. The molecule has 0 bridgehead atoms. The van der Waals surface area contributed by atoms with Gasteiger partial charge in [-0.25, -0.2) is 4.39 Å². The molecule has 0 aliphatic heterocycles. The number of carbonyl (C=O) groups excluding carboxylic acids is 1. The van der Waals surface area contributed by atoms with Crippen LogP contribution in [0.15, 0.2) is 34.9 Å². The van der Waals surface area contributed by atoms with Crippen molar-refractivity contribution >= 4 is 5.78 Å². The number of benzene rings is 1. The molecule has 94 valence electrons. The molecule has 3 nitrogen and oxygen atoms in total. The fraction of sp³-hybridized carbons (Fsp3) is 0.214. The monoisotopic (exact) mass is 248 g/mol. The van der Waals surface area contributed by atoms with Gasteiger partial charge in [0, 0.05) is 0 Å². The summed E-state index contributed by atoms with van der Waals surface area (Å²) in [5.74, 6) is 0.373. The largest absolute Gasteiger partial charge is 0.485 e. The van der Waals surface area contributed by atoms with E-state index in [1.165, 1.54) is 19.1 Å². The highest BCUT2D eigenvalue weighted by Gasteiger charge is 2.13. The number of furan rings is 1. The Morgan fingerprint density at radius 3 is 2.83 bits per heavy atom. The predicted octanol–water partition coefficient (Wildman–Crippen LogP) is 3.51. The van der Waals surface area contributed by atoms with Crippen LogP contribution in [0.5, 0.6) is 5.75 Å². The quantitative estimate of drug-likeness (QED) is 0.777.